The van der Waals surface area contributed by atoms with E-state index in [2.05, 4.69) is 10.4 Å². The molecular formula is C25H25N5O2. The Balaban J connectivity index is 1.43. The number of urea groups is 1. The van der Waals surface area contributed by atoms with Crippen LogP contribution < -0.4 is 11.1 Å². The molecule has 1 aliphatic heterocycles. The van der Waals surface area contributed by atoms with E-state index in [1.165, 1.54) is 5.06 Å². The third-order valence-electron chi connectivity index (χ3n) is 6.13. The minimum absolute atomic E-state index is 0.284. The summed E-state index contributed by atoms with van der Waals surface area (Å²) in [5.41, 5.74) is 11.0. The molecule has 0 aliphatic carbocycles. The first-order valence-corrected chi connectivity index (χ1v) is 10.6. The van der Waals surface area contributed by atoms with Crippen LogP contribution in [0.3, 0.4) is 0 Å². The summed E-state index contributed by atoms with van der Waals surface area (Å²) in [5.74, 6) is 0.478. The van der Waals surface area contributed by atoms with Crippen molar-refractivity contribution in [3.8, 4) is 11.1 Å². The fourth-order valence-electron chi connectivity index (χ4n) is 4.22. The number of hydrogen-bond donors (Lipinski definition) is 2. The van der Waals surface area contributed by atoms with Gasteiger partial charge in [0, 0.05) is 24.4 Å². The number of hydrogen-bond acceptors (Lipinski definition) is 4. The van der Waals surface area contributed by atoms with E-state index in [0.29, 0.717) is 12.4 Å². The summed E-state index contributed by atoms with van der Waals surface area (Å²) in [6, 6.07) is 21.6. The van der Waals surface area contributed by atoms with Gasteiger partial charge in [0.05, 0.1) is 17.7 Å². The average Bonchev–Trinajstić information content (AvgIpc) is 3.37. The van der Waals surface area contributed by atoms with Crippen LogP contribution in [0.2, 0.25) is 0 Å². The van der Waals surface area contributed by atoms with Gasteiger partial charge in [-0.05, 0) is 54.3 Å². The fraction of sp³-hybridized carbons (Fsp3) is 0.200. The van der Waals surface area contributed by atoms with Crippen LogP contribution in [0.4, 0.5) is 16.3 Å². The van der Waals surface area contributed by atoms with Crippen molar-refractivity contribution in [1.29, 1.82) is 0 Å². The molecule has 0 unspecified atom stereocenters. The first kappa shape index (κ1) is 20.1. The van der Waals surface area contributed by atoms with Gasteiger partial charge >= 0.3 is 6.03 Å². The van der Waals surface area contributed by atoms with Crippen LogP contribution in [-0.4, -0.2) is 27.3 Å². The molecule has 0 radical (unpaired) electrons. The van der Waals surface area contributed by atoms with Crippen LogP contribution in [0.15, 0.2) is 72.9 Å². The molecule has 0 bridgehead atoms. The maximum atomic E-state index is 13.2. The number of carbonyl (C=O) groups excluding carboxylic acids is 1. The first-order chi connectivity index (χ1) is 15.4. The van der Waals surface area contributed by atoms with Crippen molar-refractivity contribution < 1.29 is 9.63 Å². The molecule has 2 amide bonds. The Kier molecular flexibility index (Phi) is 4.83. The first-order valence-electron chi connectivity index (χ1n) is 10.6. The van der Waals surface area contributed by atoms with E-state index < -0.39 is 5.54 Å². The van der Waals surface area contributed by atoms with Gasteiger partial charge in [-0.25, -0.2) is 9.31 Å². The molecule has 0 spiro atoms. The van der Waals surface area contributed by atoms with E-state index in [0.717, 1.165) is 39.9 Å². The zero-order valence-electron chi connectivity index (χ0n) is 18.1. The van der Waals surface area contributed by atoms with Gasteiger partial charge in [0.1, 0.15) is 5.82 Å². The van der Waals surface area contributed by atoms with Crippen LogP contribution in [0.1, 0.15) is 24.5 Å². The number of fused-ring (bicyclic) bond motifs is 1. The van der Waals surface area contributed by atoms with Crippen LogP contribution in [-0.2, 0) is 10.4 Å². The highest BCUT2D eigenvalue weighted by Gasteiger charge is 2.43. The lowest BCUT2D eigenvalue weighted by atomic mass is 9.89. The van der Waals surface area contributed by atoms with Crippen molar-refractivity contribution in [1.82, 2.24) is 14.7 Å². The van der Waals surface area contributed by atoms with E-state index in [9.17, 15) is 4.79 Å². The number of pyridine rings is 1. The van der Waals surface area contributed by atoms with Gasteiger partial charge in [-0.15, -0.1) is 0 Å². The molecule has 162 valence electrons. The van der Waals surface area contributed by atoms with E-state index in [4.69, 9.17) is 10.6 Å². The molecule has 1 fully saturated rings. The normalized spacial score (nSPS) is 18.2. The third-order valence-corrected chi connectivity index (χ3v) is 6.13. The summed E-state index contributed by atoms with van der Waals surface area (Å²) in [7, 11) is 0. The van der Waals surface area contributed by atoms with Crippen LogP contribution in [0.5, 0.6) is 0 Å². The largest absolute Gasteiger partial charge is 0.382 e. The van der Waals surface area contributed by atoms with Crippen molar-refractivity contribution in [2.75, 3.05) is 17.7 Å². The van der Waals surface area contributed by atoms with Crippen molar-refractivity contribution in [2.45, 2.75) is 25.8 Å². The molecule has 1 atom stereocenters. The minimum Gasteiger partial charge on any atom is -0.382 e. The predicted octanol–water partition coefficient (Wildman–Crippen LogP) is 4.98. The summed E-state index contributed by atoms with van der Waals surface area (Å²) >= 11 is 0. The molecule has 32 heavy (non-hydrogen) atoms. The fourth-order valence-corrected chi connectivity index (χ4v) is 4.22. The Labute approximate surface area is 186 Å². The number of nitrogens with zero attached hydrogens (tertiary/aromatic N) is 3. The summed E-state index contributed by atoms with van der Waals surface area (Å²) in [6.07, 6.45) is 2.61. The predicted molar refractivity (Wildman–Crippen MR) is 125 cm³/mol. The zero-order valence-corrected chi connectivity index (χ0v) is 18.1. The Morgan fingerprint density at radius 1 is 1.09 bits per heavy atom. The van der Waals surface area contributed by atoms with E-state index in [1.54, 1.807) is 4.52 Å². The Morgan fingerprint density at radius 2 is 1.88 bits per heavy atom. The summed E-state index contributed by atoms with van der Waals surface area (Å²) in [4.78, 5) is 19.0. The summed E-state index contributed by atoms with van der Waals surface area (Å²) < 4.78 is 1.74. The van der Waals surface area contributed by atoms with Crippen molar-refractivity contribution >= 4 is 23.1 Å². The Hall–Kier alpha value is -3.84. The second-order valence-corrected chi connectivity index (χ2v) is 8.33. The van der Waals surface area contributed by atoms with Crippen LogP contribution >= 0.6 is 0 Å². The Bertz CT molecular complexity index is 1300. The number of aryl methyl sites for hydroxylation is 1. The van der Waals surface area contributed by atoms with Gasteiger partial charge in [0.25, 0.3) is 0 Å². The summed E-state index contributed by atoms with van der Waals surface area (Å²) in [5, 5.41) is 8.74. The van der Waals surface area contributed by atoms with Crippen LogP contribution in [0, 0.1) is 6.92 Å². The number of hydroxylamine groups is 2. The quantitative estimate of drug-likeness (QED) is 0.483. The maximum Gasteiger partial charge on any atom is 0.346 e. The number of nitrogen functional groups attached to an aromatic ring is 1. The van der Waals surface area contributed by atoms with Gasteiger partial charge in [-0.3, -0.25) is 4.84 Å². The lowest BCUT2D eigenvalue weighted by molar-refractivity contribution is -0.111. The van der Waals surface area contributed by atoms with E-state index in [-0.39, 0.29) is 6.03 Å². The second-order valence-electron chi connectivity index (χ2n) is 8.33. The molecule has 1 aliphatic rings. The van der Waals surface area contributed by atoms with E-state index >= 15 is 0 Å². The smallest absolute Gasteiger partial charge is 0.346 e. The van der Waals surface area contributed by atoms with E-state index in [1.807, 2.05) is 86.8 Å². The van der Waals surface area contributed by atoms with Gasteiger partial charge < -0.3 is 11.1 Å². The molecule has 3 N–H and O–H groups in total. The maximum absolute atomic E-state index is 13.2. The number of nitrogens with one attached hydrogen (secondary N) is 1. The minimum atomic E-state index is -0.524. The highest BCUT2D eigenvalue weighted by atomic mass is 16.7. The number of aromatic nitrogens is 2. The third kappa shape index (κ3) is 3.46. The van der Waals surface area contributed by atoms with Crippen molar-refractivity contribution in [3.05, 3.63) is 84.1 Å². The average molecular weight is 428 g/mol. The number of anilines is 2. The van der Waals surface area contributed by atoms with Gasteiger partial charge in [0.15, 0.2) is 0 Å². The standard InChI is InChI=1S/C25H25N5O2/c1-17-8-9-18(19-10-12-29-21(14-19)16-23(26)28-29)15-22(17)27-24(31)30-25(2,11-13-32-30)20-6-4-3-5-7-20/h3-10,12,14-16H,11,13H2,1-2H3,(H2,26,28)(H,27,31)/t25-/m1/s1. The lowest BCUT2D eigenvalue weighted by Gasteiger charge is -2.33. The number of benzene rings is 2. The molecule has 0 saturated carbocycles. The molecule has 7 heteroatoms. The SMILES string of the molecule is Cc1ccc(-c2ccn3nc(N)cc3c2)cc1NC(=O)N1OCC[C@]1(C)c1ccccc1. The second kappa shape index (κ2) is 7.69. The topological polar surface area (TPSA) is 84.9 Å². The monoisotopic (exact) mass is 427 g/mol. The highest BCUT2D eigenvalue weighted by Crippen LogP contribution is 2.37. The number of carbonyl (C=O) groups is 1. The molecule has 5 rings (SSSR count). The van der Waals surface area contributed by atoms with Gasteiger partial charge in [0.2, 0.25) is 0 Å². The van der Waals surface area contributed by atoms with Crippen molar-refractivity contribution in [2.24, 2.45) is 0 Å². The number of amides is 2. The molecule has 1 saturated heterocycles. The molecular weight excluding hydrogens is 402 g/mol. The van der Waals surface area contributed by atoms with Gasteiger partial charge in [-0.2, -0.15) is 10.2 Å². The Morgan fingerprint density at radius 3 is 2.69 bits per heavy atom. The molecule has 3 heterocycles. The van der Waals surface area contributed by atoms with Gasteiger partial charge in [-0.1, -0.05) is 42.5 Å². The number of rotatable bonds is 3. The van der Waals surface area contributed by atoms with Crippen molar-refractivity contribution in [3.63, 3.8) is 0 Å². The highest BCUT2D eigenvalue weighted by molar-refractivity contribution is 5.91. The lowest BCUT2D eigenvalue weighted by Crippen LogP contribution is -2.44. The molecule has 7 nitrogen and oxygen atoms in total. The summed E-state index contributed by atoms with van der Waals surface area (Å²) in [6.45, 7) is 4.50. The number of nitrogens with two attached hydrogens (primary N) is 1. The van der Waals surface area contributed by atoms with Crippen LogP contribution in [0.25, 0.3) is 16.6 Å². The molecule has 4 aromatic rings. The molecule has 2 aromatic carbocycles. The zero-order chi connectivity index (χ0) is 22.3. The molecule has 2 aromatic heterocycles.